The first-order valence-electron chi connectivity index (χ1n) is 9.45. The second-order valence-electron chi connectivity index (χ2n) is 6.95. The summed E-state index contributed by atoms with van der Waals surface area (Å²) in [6.45, 7) is 4.13. The number of para-hydroxylation sites is 1. The molecular weight excluding hydrogens is 366 g/mol. The third kappa shape index (κ3) is 4.27. The molecule has 0 spiro atoms. The van der Waals surface area contributed by atoms with E-state index in [0.717, 1.165) is 16.5 Å². The van der Waals surface area contributed by atoms with E-state index in [0.29, 0.717) is 17.5 Å². The van der Waals surface area contributed by atoms with E-state index >= 15 is 0 Å². The quantitative estimate of drug-likeness (QED) is 0.439. The van der Waals surface area contributed by atoms with Gasteiger partial charge in [0.25, 0.3) is 0 Å². The van der Waals surface area contributed by atoms with Gasteiger partial charge in [0, 0.05) is 23.1 Å². The highest BCUT2D eigenvalue weighted by molar-refractivity contribution is 5.92. The van der Waals surface area contributed by atoms with E-state index in [4.69, 9.17) is 8.83 Å². The van der Waals surface area contributed by atoms with Gasteiger partial charge in [-0.05, 0) is 44.2 Å². The normalized spacial score (nSPS) is 11.6. The van der Waals surface area contributed by atoms with Crippen molar-refractivity contribution in [2.24, 2.45) is 0 Å². The summed E-state index contributed by atoms with van der Waals surface area (Å²) < 4.78 is 11.5. The van der Waals surface area contributed by atoms with E-state index in [-0.39, 0.29) is 18.5 Å². The van der Waals surface area contributed by atoms with Crippen LogP contribution in [-0.4, -0.2) is 27.0 Å². The van der Waals surface area contributed by atoms with Gasteiger partial charge in [-0.3, -0.25) is 4.79 Å². The molecule has 2 aromatic carbocycles. The molecule has 0 N–H and O–H groups in total. The average molecular weight is 387 g/mol. The number of aromatic nitrogens is 2. The molecular formula is C23H21N3O3. The van der Waals surface area contributed by atoms with E-state index < -0.39 is 0 Å². The number of hydrogen-bond donors (Lipinski definition) is 0. The molecule has 146 valence electrons. The molecule has 0 aliphatic heterocycles. The zero-order valence-electron chi connectivity index (χ0n) is 16.3. The largest absolute Gasteiger partial charge is 0.457 e. The minimum Gasteiger partial charge on any atom is -0.457 e. The van der Waals surface area contributed by atoms with Crippen LogP contribution >= 0.6 is 0 Å². The van der Waals surface area contributed by atoms with Crippen molar-refractivity contribution in [3.8, 4) is 11.5 Å². The number of benzene rings is 2. The SMILES string of the molecule is CC(C)N(Cc1nnc(-c2ccccc2)o1)C(=O)C=Cc1cc2ccccc2o1. The molecule has 2 heterocycles. The standard InChI is InChI=1S/C23H21N3O3/c1-16(2)26(15-21-24-25-23(29-21)17-8-4-3-5-9-17)22(27)13-12-19-14-18-10-6-7-11-20(18)28-19/h3-14,16H,15H2,1-2H3. The van der Waals surface area contributed by atoms with E-state index in [2.05, 4.69) is 10.2 Å². The Kier molecular flexibility index (Phi) is 5.24. The summed E-state index contributed by atoms with van der Waals surface area (Å²) in [5.74, 6) is 1.31. The molecule has 0 saturated heterocycles. The Bertz CT molecular complexity index is 1110. The van der Waals surface area contributed by atoms with Crippen molar-refractivity contribution in [3.63, 3.8) is 0 Å². The molecule has 0 aliphatic carbocycles. The van der Waals surface area contributed by atoms with Crippen LogP contribution in [0, 0.1) is 0 Å². The van der Waals surface area contributed by atoms with Gasteiger partial charge in [0.2, 0.25) is 17.7 Å². The summed E-state index contributed by atoms with van der Waals surface area (Å²) in [5, 5.41) is 9.18. The van der Waals surface area contributed by atoms with E-state index in [1.165, 1.54) is 6.08 Å². The molecule has 2 aromatic heterocycles. The second-order valence-corrected chi connectivity index (χ2v) is 6.95. The second kappa shape index (κ2) is 8.14. The number of carbonyl (C=O) groups excluding carboxylic acids is 1. The van der Waals surface area contributed by atoms with Gasteiger partial charge in [-0.1, -0.05) is 36.4 Å². The summed E-state index contributed by atoms with van der Waals surface area (Å²) >= 11 is 0. The molecule has 0 aliphatic rings. The Hall–Kier alpha value is -3.67. The van der Waals surface area contributed by atoms with Crippen molar-refractivity contribution in [1.82, 2.24) is 15.1 Å². The Morgan fingerprint density at radius 3 is 2.55 bits per heavy atom. The number of nitrogens with zero attached hydrogens (tertiary/aromatic N) is 3. The highest BCUT2D eigenvalue weighted by Gasteiger charge is 2.19. The number of fused-ring (bicyclic) bond motifs is 1. The van der Waals surface area contributed by atoms with Gasteiger partial charge in [0.1, 0.15) is 11.3 Å². The van der Waals surface area contributed by atoms with Crippen LogP contribution in [0.5, 0.6) is 0 Å². The summed E-state index contributed by atoms with van der Waals surface area (Å²) in [7, 11) is 0. The predicted octanol–water partition coefficient (Wildman–Crippen LogP) is 4.93. The Morgan fingerprint density at radius 1 is 1.03 bits per heavy atom. The molecule has 0 saturated carbocycles. The fourth-order valence-electron chi connectivity index (χ4n) is 3.01. The molecule has 6 heteroatoms. The van der Waals surface area contributed by atoms with E-state index in [1.807, 2.05) is 74.5 Å². The Morgan fingerprint density at radius 2 is 1.79 bits per heavy atom. The summed E-state index contributed by atoms with van der Waals surface area (Å²) in [6.07, 6.45) is 3.19. The average Bonchev–Trinajstić information content (AvgIpc) is 3.37. The van der Waals surface area contributed by atoms with Gasteiger partial charge in [0.05, 0.1) is 6.54 Å². The molecule has 6 nitrogen and oxygen atoms in total. The molecule has 29 heavy (non-hydrogen) atoms. The number of amides is 1. The highest BCUT2D eigenvalue weighted by atomic mass is 16.4. The fourth-order valence-corrected chi connectivity index (χ4v) is 3.01. The maximum Gasteiger partial charge on any atom is 0.247 e. The molecule has 0 fully saturated rings. The maximum atomic E-state index is 12.8. The lowest BCUT2D eigenvalue weighted by atomic mass is 10.2. The zero-order valence-corrected chi connectivity index (χ0v) is 16.3. The van der Waals surface area contributed by atoms with Crippen LogP contribution in [-0.2, 0) is 11.3 Å². The maximum absolute atomic E-state index is 12.8. The first-order chi connectivity index (χ1) is 14.1. The predicted molar refractivity (Wildman–Crippen MR) is 111 cm³/mol. The van der Waals surface area contributed by atoms with Crippen LogP contribution < -0.4 is 0 Å². The highest BCUT2D eigenvalue weighted by Crippen LogP contribution is 2.21. The van der Waals surface area contributed by atoms with Crippen LogP contribution in [0.4, 0.5) is 0 Å². The van der Waals surface area contributed by atoms with Gasteiger partial charge in [-0.15, -0.1) is 10.2 Å². The molecule has 0 radical (unpaired) electrons. The first-order valence-corrected chi connectivity index (χ1v) is 9.45. The van der Waals surface area contributed by atoms with E-state index in [1.54, 1.807) is 11.0 Å². The molecule has 4 rings (SSSR count). The zero-order chi connectivity index (χ0) is 20.2. The Balaban J connectivity index is 1.48. The summed E-state index contributed by atoms with van der Waals surface area (Å²) in [4.78, 5) is 14.4. The van der Waals surface area contributed by atoms with Gasteiger partial charge < -0.3 is 13.7 Å². The van der Waals surface area contributed by atoms with Gasteiger partial charge in [-0.2, -0.15) is 0 Å². The van der Waals surface area contributed by atoms with Crippen LogP contribution in [0.25, 0.3) is 28.5 Å². The third-order valence-electron chi connectivity index (χ3n) is 4.53. The van der Waals surface area contributed by atoms with Crippen LogP contribution in [0.3, 0.4) is 0 Å². The van der Waals surface area contributed by atoms with Crippen LogP contribution in [0.15, 0.2) is 75.6 Å². The van der Waals surface area contributed by atoms with Crippen molar-refractivity contribution >= 4 is 23.0 Å². The van der Waals surface area contributed by atoms with Crippen molar-refractivity contribution in [2.75, 3.05) is 0 Å². The number of rotatable bonds is 6. The summed E-state index contributed by atoms with van der Waals surface area (Å²) in [6, 6.07) is 19.2. The minimum atomic E-state index is -0.153. The molecule has 0 atom stereocenters. The molecule has 1 amide bonds. The molecule has 0 unspecified atom stereocenters. The molecule has 4 aromatic rings. The lowest BCUT2D eigenvalue weighted by molar-refractivity contribution is -0.128. The van der Waals surface area contributed by atoms with Crippen molar-refractivity contribution in [3.05, 3.63) is 78.4 Å². The molecule has 0 bridgehead atoms. The Labute approximate surface area is 168 Å². The van der Waals surface area contributed by atoms with Gasteiger partial charge >= 0.3 is 0 Å². The van der Waals surface area contributed by atoms with Gasteiger partial charge in [-0.25, -0.2) is 0 Å². The van der Waals surface area contributed by atoms with Gasteiger partial charge in [0.15, 0.2) is 0 Å². The number of hydrogen-bond acceptors (Lipinski definition) is 5. The van der Waals surface area contributed by atoms with Crippen molar-refractivity contribution < 1.29 is 13.6 Å². The monoisotopic (exact) mass is 387 g/mol. The van der Waals surface area contributed by atoms with Crippen LogP contribution in [0.2, 0.25) is 0 Å². The fraction of sp³-hybridized carbons (Fsp3) is 0.174. The van der Waals surface area contributed by atoms with Crippen LogP contribution in [0.1, 0.15) is 25.5 Å². The smallest absolute Gasteiger partial charge is 0.247 e. The minimum absolute atomic E-state index is 0.0325. The number of furan rings is 1. The first kappa shape index (κ1) is 18.7. The lowest BCUT2D eigenvalue weighted by Crippen LogP contribution is -2.35. The summed E-state index contributed by atoms with van der Waals surface area (Å²) in [5.41, 5.74) is 1.64. The van der Waals surface area contributed by atoms with Crippen molar-refractivity contribution in [2.45, 2.75) is 26.4 Å². The number of carbonyl (C=O) groups is 1. The lowest BCUT2D eigenvalue weighted by Gasteiger charge is -2.23. The van der Waals surface area contributed by atoms with Crippen molar-refractivity contribution in [1.29, 1.82) is 0 Å². The topological polar surface area (TPSA) is 72.4 Å². The third-order valence-corrected chi connectivity index (χ3v) is 4.53. The van der Waals surface area contributed by atoms with E-state index in [9.17, 15) is 4.79 Å².